The second-order valence-electron chi connectivity index (χ2n) is 5.71. The fourth-order valence-electron chi connectivity index (χ4n) is 1.21. The third-order valence-corrected chi connectivity index (χ3v) is 2.13. The maximum Gasteiger partial charge on any atom is 0.673 e. The van der Waals surface area contributed by atoms with Gasteiger partial charge in [0, 0.05) is 0 Å². The third kappa shape index (κ3) is 74.7. The van der Waals surface area contributed by atoms with E-state index < -0.39 is 21.8 Å². The van der Waals surface area contributed by atoms with E-state index in [0.717, 1.165) is 49.0 Å². The molecule has 0 aliphatic heterocycles. The number of rotatable bonds is 2. The summed E-state index contributed by atoms with van der Waals surface area (Å²) in [4.78, 5) is 0. The molecule has 0 aromatic heterocycles. The molecule has 0 spiro atoms. The minimum Gasteiger partial charge on any atom is -0.418 e. The Morgan fingerprint density at radius 2 is 0.885 bits per heavy atom. The van der Waals surface area contributed by atoms with Gasteiger partial charge in [-0.15, -0.1) is 0 Å². The minimum atomic E-state index is -6.00. The molecule has 0 N–H and O–H groups in total. The molecule has 0 unspecified atom stereocenters. The van der Waals surface area contributed by atoms with Gasteiger partial charge in [-0.3, -0.25) is 0 Å². The zero-order valence-corrected chi connectivity index (χ0v) is 17.0. The van der Waals surface area contributed by atoms with Crippen molar-refractivity contribution in [3.05, 3.63) is 35.9 Å². The van der Waals surface area contributed by atoms with Gasteiger partial charge in [0.1, 0.15) is 0 Å². The summed E-state index contributed by atoms with van der Waals surface area (Å²) in [7, 11) is -18.0. The van der Waals surface area contributed by atoms with Crippen molar-refractivity contribution >= 4 is 70.7 Å². The molecule has 0 fully saturated rings. The molecule has 16 heteroatoms. The Morgan fingerprint density at radius 1 is 0.654 bits per heavy atom. The van der Waals surface area contributed by atoms with E-state index in [0.29, 0.717) is -0.490 Å². The molecule has 0 heterocycles. The van der Waals surface area contributed by atoms with E-state index in [4.69, 9.17) is 0 Å². The molecule has 0 aliphatic carbocycles. The SMILES string of the molecule is C[C](C)([K])Cc1ccccc1.F[B-](F)(F)F.F[B-](F)(F)F.F[B-](F)(F)F. The number of halogens is 12. The quantitative estimate of drug-likeness (QED) is 0.370. The van der Waals surface area contributed by atoms with Gasteiger partial charge in [-0.05, 0) is 0 Å². The maximum absolute atomic E-state index is 9.75. The van der Waals surface area contributed by atoms with Crippen LogP contribution in [0.4, 0.5) is 51.8 Å². The fourth-order valence-corrected chi connectivity index (χ4v) is 1.85. The molecule has 0 bridgehead atoms. The Labute approximate surface area is 177 Å². The summed E-state index contributed by atoms with van der Waals surface area (Å²) >= 11 is 0.913. The summed E-state index contributed by atoms with van der Waals surface area (Å²) in [5.74, 6) is 0. The van der Waals surface area contributed by atoms with Crippen LogP contribution in [0, 0.1) is 0 Å². The van der Waals surface area contributed by atoms with Gasteiger partial charge in [0.2, 0.25) is 0 Å². The van der Waals surface area contributed by atoms with Crippen molar-refractivity contribution < 1.29 is 51.8 Å². The molecule has 0 amide bonds. The third-order valence-electron chi connectivity index (χ3n) is 1.58. The summed E-state index contributed by atoms with van der Waals surface area (Å²) in [6.07, 6.45) is 1.24. The van der Waals surface area contributed by atoms with E-state index in [1.165, 1.54) is 12.0 Å². The van der Waals surface area contributed by atoms with Gasteiger partial charge in [-0.1, -0.05) is 0 Å². The molecule has 1 aromatic carbocycles. The van der Waals surface area contributed by atoms with Crippen LogP contribution < -0.4 is 0 Å². The van der Waals surface area contributed by atoms with Gasteiger partial charge in [0.05, 0.1) is 0 Å². The average Bonchev–Trinajstić information content (AvgIpc) is 2.20. The molecule has 0 aliphatic rings. The Morgan fingerprint density at radius 3 is 1.08 bits per heavy atom. The molecule has 0 saturated heterocycles. The van der Waals surface area contributed by atoms with Crippen LogP contribution >= 0.6 is 0 Å². The Kier molecular flexibility index (Phi) is 15.9. The molecular weight excluding hydrogens is 420 g/mol. The van der Waals surface area contributed by atoms with Crippen molar-refractivity contribution in [2.24, 2.45) is 0 Å². The first-order valence-corrected chi connectivity index (χ1v) is 8.30. The van der Waals surface area contributed by atoms with Crippen LogP contribution in [-0.4, -0.2) is 70.7 Å². The first kappa shape index (κ1) is 30.9. The van der Waals surface area contributed by atoms with Crippen molar-refractivity contribution in [2.45, 2.75) is 19.8 Å². The van der Waals surface area contributed by atoms with Crippen LogP contribution in [0.25, 0.3) is 0 Å². The smallest absolute Gasteiger partial charge is 0.418 e. The van der Waals surface area contributed by atoms with E-state index in [9.17, 15) is 51.8 Å². The van der Waals surface area contributed by atoms with Crippen LogP contribution in [0.5, 0.6) is 0 Å². The second-order valence-corrected chi connectivity index (χ2v) is 9.93. The van der Waals surface area contributed by atoms with Gasteiger partial charge in [0.15, 0.2) is 0 Å². The molecule has 26 heavy (non-hydrogen) atoms. The van der Waals surface area contributed by atoms with Crippen LogP contribution in [0.2, 0.25) is -0.490 Å². The van der Waals surface area contributed by atoms with Crippen LogP contribution in [-0.2, 0) is 6.42 Å². The van der Waals surface area contributed by atoms with E-state index in [-0.39, 0.29) is 0 Å². The summed E-state index contributed by atoms with van der Waals surface area (Å²) in [5, 5.41) is 0. The fraction of sp³-hybridized carbons (Fsp3) is 0.400. The number of benzene rings is 1. The Balaban J connectivity index is -0.000000300. The first-order valence-electron chi connectivity index (χ1n) is 6.74. The molecule has 150 valence electrons. The monoisotopic (exact) mass is 433 g/mol. The van der Waals surface area contributed by atoms with Crippen LogP contribution in [0.3, 0.4) is 0 Å². The van der Waals surface area contributed by atoms with E-state index >= 15 is 0 Å². The molecule has 0 radical (unpaired) electrons. The zero-order valence-electron chi connectivity index (χ0n) is 13.9. The summed E-state index contributed by atoms with van der Waals surface area (Å²) in [5.41, 5.74) is 1.48. The van der Waals surface area contributed by atoms with Gasteiger partial charge in [0.25, 0.3) is 0 Å². The Bertz CT molecular complexity index is 405. The summed E-state index contributed by atoms with van der Waals surface area (Å²) < 4.78 is 118. The first-order chi connectivity index (χ1) is 11.1. The molecule has 0 saturated carbocycles. The predicted molar refractivity (Wildman–Crippen MR) is 80.5 cm³/mol. The molecule has 0 nitrogen and oxygen atoms in total. The topological polar surface area (TPSA) is 0 Å². The molecular formula is C10H13B3F12K-3. The number of hydrogen-bond acceptors (Lipinski definition) is 0. The van der Waals surface area contributed by atoms with Gasteiger partial charge >= 0.3 is 126 Å². The van der Waals surface area contributed by atoms with Crippen molar-refractivity contribution in [1.29, 1.82) is 0 Å². The van der Waals surface area contributed by atoms with Gasteiger partial charge < -0.3 is 51.8 Å². The zero-order chi connectivity index (χ0) is 21.8. The summed E-state index contributed by atoms with van der Waals surface area (Å²) in [6.45, 7) is 4.69. The molecule has 0 atom stereocenters. The minimum absolute atomic E-state index is 0.592. The normalized spacial score (nSPS) is 11.8. The Hall–Kier alpha value is 0.211. The largest absolute Gasteiger partial charge is 0.673 e. The second kappa shape index (κ2) is 13.4. The average molecular weight is 433 g/mol. The van der Waals surface area contributed by atoms with Gasteiger partial charge in [-0.2, -0.15) is 0 Å². The summed E-state index contributed by atoms with van der Waals surface area (Å²) in [6, 6.07) is 10.7. The predicted octanol–water partition coefficient (Wildman–Crippen LogP) is 6.50. The van der Waals surface area contributed by atoms with Crippen molar-refractivity contribution in [2.75, 3.05) is 0 Å². The maximum atomic E-state index is 9.75. The number of hydrogen-bond donors (Lipinski definition) is 0. The van der Waals surface area contributed by atoms with E-state index in [1.807, 2.05) is 0 Å². The van der Waals surface area contributed by atoms with Crippen molar-refractivity contribution in [3.8, 4) is 0 Å². The van der Waals surface area contributed by atoms with E-state index in [1.54, 1.807) is 0 Å². The van der Waals surface area contributed by atoms with E-state index in [2.05, 4.69) is 44.2 Å². The van der Waals surface area contributed by atoms with Gasteiger partial charge in [-0.25, -0.2) is 0 Å². The standard InChI is InChI=1S/C10H13.3BF4.K/c1-9(2)8-10-6-4-3-5-7-10;3*2-1(3,4)5;/h3-7H,8H2,1-2H3;;;;/q;3*-1;. The van der Waals surface area contributed by atoms with Crippen molar-refractivity contribution in [1.82, 2.24) is 0 Å². The van der Waals surface area contributed by atoms with Crippen LogP contribution in [0.15, 0.2) is 30.3 Å². The van der Waals surface area contributed by atoms with Crippen molar-refractivity contribution in [3.63, 3.8) is 0 Å². The molecule has 1 rings (SSSR count). The molecule has 1 aromatic rings. The van der Waals surface area contributed by atoms with Crippen LogP contribution in [0.1, 0.15) is 19.4 Å².